The topological polar surface area (TPSA) is 15.3 Å². The van der Waals surface area contributed by atoms with Crippen LogP contribution < -0.4 is 5.32 Å². The van der Waals surface area contributed by atoms with Gasteiger partial charge in [0.1, 0.15) is 0 Å². The summed E-state index contributed by atoms with van der Waals surface area (Å²) in [5.74, 6) is 0.937. The largest absolute Gasteiger partial charge is 0.316 e. The molecule has 1 aliphatic rings. The first-order valence-electron chi connectivity index (χ1n) is 9.51. The molecule has 1 unspecified atom stereocenters. The molecule has 0 spiro atoms. The molecule has 0 saturated heterocycles. The fourth-order valence-corrected chi connectivity index (χ4v) is 3.66. The van der Waals surface area contributed by atoms with Crippen molar-refractivity contribution in [3.05, 3.63) is 0 Å². The molecule has 1 N–H and O–H groups in total. The summed E-state index contributed by atoms with van der Waals surface area (Å²) < 4.78 is 0. The van der Waals surface area contributed by atoms with E-state index in [0.29, 0.717) is 5.41 Å². The first kappa shape index (κ1) is 19.0. The lowest BCUT2D eigenvalue weighted by atomic mass is 9.70. The number of rotatable bonds is 10. The van der Waals surface area contributed by atoms with Crippen molar-refractivity contribution in [1.29, 1.82) is 0 Å². The quantitative estimate of drug-likeness (QED) is 0.629. The molecule has 126 valence electrons. The summed E-state index contributed by atoms with van der Waals surface area (Å²) in [5.41, 5.74) is 0.527. The maximum atomic E-state index is 3.67. The SMILES string of the molecule is CCCCN(CC1(CNCC)CCC(C)CC1)C(C)CC. The van der Waals surface area contributed by atoms with Crippen LogP contribution in [0.25, 0.3) is 0 Å². The lowest BCUT2D eigenvalue weighted by Gasteiger charge is -2.44. The summed E-state index contributed by atoms with van der Waals surface area (Å²) in [6.07, 6.45) is 9.61. The Hall–Kier alpha value is -0.0800. The maximum Gasteiger partial charge on any atom is 0.00645 e. The van der Waals surface area contributed by atoms with E-state index in [9.17, 15) is 0 Å². The molecule has 0 amide bonds. The van der Waals surface area contributed by atoms with Crippen LogP contribution >= 0.6 is 0 Å². The third-order valence-electron chi connectivity index (χ3n) is 5.64. The standard InChI is InChI=1S/C19H40N2/c1-6-9-14-21(18(5)7-2)16-19(15-20-8-3)12-10-17(4)11-13-19/h17-18,20H,6-16H2,1-5H3. The van der Waals surface area contributed by atoms with Gasteiger partial charge in [-0.3, -0.25) is 0 Å². The van der Waals surface area contributed by atoms with E-state index in [-0.39, 0.29) is 0 Å². The molecule has 0 aromatic rings. The molecule has 0 aromatic carbocycles. The van der Waals surface area contributed by atoms with Gasteiger partial charge in [0.15, 0.2) is 0 Å². The van der Waals surface area contributed by atoms with Crippen LogP contribution in [0, 0.1) is 11.3 Å². The number of nitrogens with zero attached hydrogens (tertiary/aromatic N) is 1. The zero-order valence-electron chi connectivity index (χ0n) is 15.4. The molecule has 1 saturated carbocycles. The van der Waals surface area contributed by atoms with Crippen molar-refractivity contribution in [3.63, 3.8) is 0 Å². The molecule has 1 aliphatic carbocycles. The average Bonchev–Trinajstić information content (AvgIpc) is 2.51. The summed E-state index contributed by atoms with van der Waals surface area (Å²) in [7, 11) is 0. The van der Waals surface area contributed by atoms with Crippen LogP contribution in [0.3, 0.4) is 0 Å². The molecule has 0 heterocycles. The molecule has 0 radical (unpaired) electrons. The van der Waals surface area contributed by atoms with Crippen molar-refractivity contribution < 1.29 is 0 Å². The second-order valence-electron chi connectivity index (χ2n) is 7.54. The Morgan fingerprint density at radius 2 is 1.86 bits per heavy atom. The number of unbranched alkanes of at least 4 members (excludes halogenated alkanes) is 1. The van der Waals surface area contributed by atoms with Gasteiger partial charge >= 0.3 is 0 Å². The van der Waals surface area contributed by atoms with Crippen LogP contribution in [0.2, 0.25) is 0 Å². The van der Waals surface area contributed by atoms with E-state index < -0.39 is 0 Å². The first-order valence-corrected chi connectivity index (χ1v) is 9.51. The fraction of sp³-hybridized carbons (Fsp3) is 1.00. The third-order valence-corrected chi connectivity index (χ3v) is 5.64. The molecule has 21 heavy (non-hydrogen) atoms. The Kier molecular flexibility index (Phi) is 8.89. The minimum absolute atomic E-state index is 0.527. The first-order chi connectivity index (χ1) is 10.1. The van der Waals surface area contributed by atoms with E-state index in [1.54, 1.807) is 0 Å². The van der Waals surface area contributed by atoms with Crippen LogP contribution in [0.5, 0.6) is 0 Å². The van der Waals surface area contributed by atoms with Gasteiger partial charge in [-0.15, -0.1) is 0 Å². The molecule has 0 aliphatic heterocycles. The highest BCUT2D eigenvalue weighted by Gasteiger charge is 2.36. The van der Waals surface area contributed by atoms with Crippen LogP contribution in [-0.2, 0) is 0 Å². The molecule has 2 heteroatoms. The third kappa shape index (κ3) is 6.28. The minimum atomic E-state index is 0.527. The van der Waals surface area contributed by atoms with Crippen LogP contribution in [0.15, 0.2) is 0 Å². The Morgan fingerprint density at radius 1 is 1.19 bits per heavy atom. The second kappa shape index (κ2) is 9.84. The van der Waals surface area contributed by atoms with E-state index in [2.05, 4.69) is 44.8 Å². The Balaban J connectivity index is 2.70. The van der Waals surface area contributed by atoms with Crippen molar-refractivity contribution >= 4 is 0 Å². The summed E-state index contributed by atoms with van der Waals surface area (Å²) in [6, 6.07) is 0.731. The molecule has 2 nitrogen and oxygen atoms in total. The zero-order chi connectivity index (χ0) is 15.7. The van der Waals surface area contributed by atoms with E-state index >= 15 is 0 Å². The van der Waals surface area contributed by atoms with E-state index in [1.165, 1.54) is 64.6 Å². The van der Waals surface area contributed by atoms with Crippen molar-refractivity contribution in [2.45, 2.75) is 85.6 Å². The number of hydrogen-bond donors (Lipinski definition) is 1. The monoisotopic (exact) mass is 296 g/mol. The number of nitrogens with one attached hydrogen (secondary N) is 1. The highest BCUT2D eigenvalue weighted by molar-refractivity contribution is 4.90. The van der Waals surface area contributed by atoms with Crippen molar-refractivity contribution in [1.82, 2.24) is 10.2 Å². The van der Waals surface area contributed by atoms with Crippen molar-refractivity contribution in [2.75, 3.05) is 26.2 Å². The number of hydrogen-bond acceptors (Lipinski definition) is 2. The molecule has 1 rings (SSSR count). The molecule has 0 aromatic heterocycles. The Labute approximate surface area is 134 Å². The molecular formula is C19H40N2. The molecular weight excluding hydrogens is 256 g/mol. The Bertz CT molecular complexity index is 251. The highest BCUT2D eigenvalue weighted by atomic mass is 15.2. The van der Waals surface area contributed by atoms with E-state index in [4.69, 9.17) is 0 Å². The van der Waals surface area contributed by atoms with E-state index in [1.807, 2.05) is 0 Å². The highest BCUT2D eigenvalue weighted by Crippen LogP contribution is 2.39. The molecule has 0 bridgehead atoms. The average molecular weight is 297 g/mol. The minimum Gasteiger partial charge on any atom is -0.316 e. The molecule has 1 fully saturated rings. The van der Waals surface area contributed by atoms with Crippen LogP contribution in [0.1, 0.15) is 79.6 Å². The van der Waals surface area contributed by atoms with Crippen molar-refractivity contribution in [2.24, 2.45) is 11.3 Å². The lowest BCUT2D eigenvalue weighted by Crippen LogP contribution is -2.48. The van der Waals surface area contributed by atoms with Crippen LogP contribution in [-0.4, -0.2) is 37.1 Å². The summed E-state index contributed by atoms with van der Waals surface area (Å²) in [4.78, 5) is 2.79. The van der Waals surface area contributed by atoms with Gasteiger partial charge in [-0.25, -0.2) is 0 Å². The molecule has 1 atom stereocenters. The van der Waals surface area contributed by atoms with Gasteiger partial charge in [-0.05, 0) is 57.0 Å². The van der Waals surface area contributed by atoms with Gasteiger partial charge in [0, 0.05) is 19.1 Å². The van der Waals surface area contributed by atoms with Gasteiger partial charge in [0.05, 0.1) is 0 Å². The van der Waals surface area contributed by atoms with Crippen molar-refractivity contribution in [3.8, 4) is 0 Å². The smallest absolute Gasteiger partial charge is 0.00645 e. The lowest BCUT2D eigenvalue weighted by molar-refractivity contribution is 0.0649. The predicted molar refractivity (Wildman–Crippen MR) is 94.8 cm³/mol. The fourth-order valence-electron chi connectivity index (χ4n) is 3.66. The maximum absolute atomic E-state index is 3.67. The van der Waals surface area contributed by atoms with E-state index in [0.717, 1.165) is 18.5 Å². The summed E-state index contributed by atoms with van der Waals surface area (Å²) in [5, 5.41) is 3.67. The summed E-state index contributed by atoms with van der Waals surface area (Å²) >= 11 is 0. The predicted octanol–water partition coefficient (Wildman–Crippen LogP) is 4.69. The zero-order valence-corrected chi connectivity index (χ0v) is 15.4. The normalized spacial score (nSPS) is 28.0. The van der Waals surface area contributed by atoms with Gasteiger partial charge in [-0.2, -0.15) is 0 Å². The van der Waals surface area contributed by atoms with Gasteiger partial charge in [0.25, 0.3) is 0 Å². The Morgan fingerprint density at radius 3 is 2.38 bits per heavy atom. The second-order valence-corrected chi connectivity index (χ2v) is 7.54. The van der Waals surface area contributed by atoms with Crippen LogP contribution in [0.4, 0.5) is 0 Å². The summed E-state index contributed by atoms with van der Waals surface area (Å²) in [6.45, 7) is 16.7. The van der Waals surface area contributed by atoms with Gasteiger partial charge < -0.3 is 10.2 Å². The van der Waals surface area contributed by atoms with Gasteiger partial charge in [0.2, 0.25) is 0 Å². The van der Waals surface area contributed by atoms with Gasteiger partial charge in [-0.1, -0.05) is 47.0 Å².